The van der Waals surface area contributed by atoms with Gasteiger partial charge in [-0.05, 0) is 44.9 Å². The van der Waals surface area contributed by atoms with Crippen LogP contribution in [0.15, 0.2) is 0 Å². The van der Waals surface area contributed by atoms with Gasteiger partial charge in [0.25, 0.3) is 0 Å². The fraction of sp³-hybridized carbons (Fsp3) is 1.00. The molecule has 1 N–H and O–H groups in total. The van der Waals surface area contributed by atoms with Crippen LogP contribution in [0.5, 0.6) is 0 Å². The summed E-state index contributed by atoms with van der Waals surface area (Å²) in [5.74, 6) is 1.95. The lowest BCUT2D eigenvalue weighted by Gasteiger charge is -2.31. The first-order chi connectivity index (χ1) is 4.86. The predicted octanol–water partition coefficient (Wildman–Crippen LogP) is 0.158. The Morgan fingerprint density at radius 1 is 1.30 bits per heavy atom. The van der Waals surface area contributed by atoms with Crippen molar-refractivity contribution in [2.24, 2.45) is 11.8 Å². The minimum atomic E-state index is 0.957. The van der Waals surface area contributed by atoms with E-state index < -0.39 is 0 Å². The molecule has 2 saturated heterocycles. The first-order valence-electron chi connectivity index (χ1n) is 4.25. The molecule has 2 atom stereocenters. The summed E-state index contributed by atoms with van der Waals surface area (Å²) in [7, 11) is 2.23. The molecule has 0 aromatic carbocycles. The molecule has 2 aliphatic rings. The molecule has 10 heavy (non-hydrogen) atoms. The summed E-state index contributed by atoms with van der Waals surface area (Å²) in [4.78, 5) is 2.45. The van der Waals surface area contributed by atoms with Crippen LogP contribution in [0.4, 0.5) is 0 Å². The van der Waals surface area contributed by atoms with Crippen LogP contribution >= 0.6 is 0 Å². The van der Waals surface area contributed by atoms with Crippen LogP contribution in [0.2, 0.25) is 0 Å². The molecule has 2 heteroatoms. The molecule has 0 aromatic heterocycles. The van der Waals surface area contributed by atoms with E-state index in [-0.39, 0.29) is 0 Å². The maximum Gasteiger partial charge on any atom is 0.00219 e. The van der Waals surface area contributed by atoms with E-state index in [1.165, 1.54) is 32.6 Å². The standard InChI is InChI=1S/C8H16N2/c1-10-3-2-7-4-9-5-8(7)6-10/h7-9H,2-6H2,1H3/t7-,8-/m0/s1. The second-order valence-corrected chi connectivity index (χ2v) is 3.73. The van der Waals surface area contributed by atoms with Gasteiger partial charge in [0.1, 0.15) is 0 Å². The molecule has 0 unspecified atom stereocenters. The zero-order chi connectivity index (χ0) is 6.97. The smallest absolute Gasteiger partial charge is 0.00219 e. The van der Waals surface area contributed by atoms with Crippen molar-refractivity contribution < 1.29 is 0 Å². The van der Waals surface area contributed by atoms with Crippen LogP contribution in [0.1, 0.15) is 6.42 Å². The molecule has 2 heterocycles. The molecule has 0 radical (unpaired) electrons. The van der Waals surface area contributed by atoms with Crippen molar-refractivity contribution in [2.75, 3.05) is 33.2 Å². The zero-order valence-corrected chi connectivity index (χ0v) is 6.64. The Labute approximate surface area is 62.6 Å². The SMILES string of the molecule is CN1CC[C@H]2CNC[C@H]2C1. The fourth-order valence-electron chi connectivity index (χ4n) is 2.22. The minimum absolute atomic E-state index is 0.957. The van der Waals surface area contributed by atoms with Crippen molar-refractivity contribution >= 4 is 0 Å². The van der Waals surface area contributed by atoms with Gasteiger partial charge in [0.05, 0.1) is 0 Å². The molecule has 2 aliphatic heterocycles. The van der Waals surface area contributed by atoms with Gasteiger partial charge in [0.2, 0.25) is 0 Å². The third-order valence-corrected chi connectivity index (χ3v) is 2.91. The summed E-state index contributed by atoms with van der Waals surface area (Å²) in [6, 6.07) is 0. The van der Waals surface area contributed by atoms with Crippen molar-refractivity contribution in [2.45, 2.75) is 6.42 Å². The van der Waals surface area contributed by atoms with Crippen molar-refractivity contribution in [3.05, 3.63) is 0 Å². The third kappa shape index (κ3) is 1.06. The highest BCUT2D eigenvalue weighted by molar-refractivity contribution is 4.86. The summed E-state index contributed by atoms with van der Waals surface area (Å²) in [6.07, 6.45) is 1.41. The second kappa shape index (κ2) is 2.51. The molecule has 0 amide bonds. The molecule has 0 bridgehead atoms. The van der Waals surface area contributed by atoms with Gasteiger partial charge in [-0.25, -0.2) is 0 Å². The number of fused-ring (bicyclic) bond motifs is 1. The summed E-state index contributed by atoms with van der Waals surface area (Å²) in [5.41, 5.74) is 0. The molecular weight excluding hydrogens is 124 g/mol. The maximum atomic E-state index is 3.46. The van der Waals surface area contributed by atoms with Gasteiger partial charge < -0.3 is 10.2 Å². The van der Waals surface area contributed by atoms with Gasteiger partial charge in [-0.15, -0.1) is 0 Å². The van der Waals surface area contributed by atoms with E-state index in [0.29, 0.717) is 0 Å². The van der Waals surface area contributed by atoms with E-state index in [0.717, 1.165) is 11.8 Å². The first-order valence-corrected chi connectivity index (χ1v) is 4.25. The molecule has 0 saturated carbocycles. The number of nitrogens with one attached hydrogen (secondary N) is 1. The number of hydrogen-bond donors (Lipinski definition) is 1. The molecule has 58 valence electrons. The lowest BCUT2D eigenvalue weighted by atomic mass is 9.89. The average molecular weight is 140 g/mol. The van der Waals surface area contributed by atoms with Gasteiger partial charge in [0, 0.05) is 6.54 Å². The van der Waals surface area contributed by atoms with Crippen LogP contribution in [-0.2, 0) is 0 Å². The van der Waals surface area contributed by atoms with E-state index in [9.17, 15) is 0 Å². The summed E-state index contributed by atoms with van der Waals surface area (Å²) in [6.45, 7) is 5.16. The number of nitrogens with zero attached hydrogens (tertiary/aromatic N) is 1. The van der Waals surface area contributed by atoms with Crippen LogP contribution in [-0.4, -0.2) is 38.1 Å². The van der Waals surface area contributed by atoms with Crippen LogP contribution in [0.25, 0.3) is 0 Å². The fourth-order valence-corrected chi connectivity index (χ4v) is 2.22. The summed E-state index contributed by atoms with van der Waals surface area (Å²) < 4.78 is 0. The second-order valence-electron chi connectivity index (χ2n) is 3.73. The van der Waals surface area contributed by atoms with E-state index in [2.05, 4.69) is 17.3 Å². The van der Waals surface area contributed by atoms with Gasteiger partial charge in [-0.1, -0.05) is 0 Å². The normalized spacial score (nSPS) is 41.7. The van der Waals surface area contributed by atoms with Crippen LogP contribution in [0, 0.1) is 11.8 Å². The zero-order valence-electron chi connectivity index (χ0n) is 6.64. The van der Waals surface area contributed by atoms with Crippen molar-refractivity contribution in [1.82, 2.24) is 10.2 Å². The molecule has 2 nitrogen and oxygen atoms in total. The number of rotatable bonds is 0. The van der Waals surface area contributed by atoms with Crippen LogP contribution < -0.4 is 5.32 Å². The predicted molar refractivity (Wildman–Crippen MR) is 42.0 cm³/mol. The summed E-state index contributed by atoms with van der Waals surface area (Å²) >= 11 is 0. The Bertz CT molecular complexity index is 124. The lowest BCUT2D eigenvalue weighted by molar-refractivity contribution is 0.178. The molecule has 2 rings (SSSR count). The largest absolute Gasteiger partial charge is 0.316 e. The minimum Gasteiger partial charge on any atom is -0.316 e. The topological polar surface area (TPSA) is 15.3 Å². The molecule has 2 fully saturated rings. The number of piperidine rings is 1. The highest BCUT2D eigenvalue weighted by Crippen LogP contribution is 2.25. The van der Waals surface area contributed by atoms with E-state index >= 15 is 0 Å². The molecule has 0 aromatic rings. The van der Waals surface area contributed by atoms with Gasteiger partial charge in [0.15, 0.2) is 0 Å². The Balaban J connectivity index is 1.96. The van der Waals surface area contributed by atoms with Crippen LogP contribution in [0.3, 0.4) is 0 Å². The van der Waals surface area contributed by atoms with Gasteiger partial charge in [-0.2, -0.15) is 0 Å². The monoisotopic (exact) mass is 140 g/mol. The molecule has 0 aliphatic carbocycles. The van der Waals surface area contributed by atoms with E-state index in [4.69, 9.17) is 0 Å². The summed E-state index contributed by atoms with van der Waals surface area (Å²) in [5, 5.41) is 3.46. The highest BCUT2D eigenvalue weighted by Gasteiger charge is 2.30. The first kappa shape index (κ1) is 6.62. The Morgan fingerprint density at radius 2 is 2.10 bits per heavy atom. The Morgan fingerprint density at radius 3 is 3.00 bits per heavy atom. The lowest BCUT2D eigenvalue weighted by Crippen LogP contribution is -2.37. The Kier molecular flexibility index (Phi) is 1.66. The Hall–Kier alpha value is -0.0800. The third-order valence-electron chi connectivity index (χ3n) is 2.91. The van der Waals surface area contributed by atoms with E-state index in [1.54, 1.807) is 0 Å². The van der Waals surface area contributed by atoms with E-state index in [1.807, 2.05) is 0 Å². The molecular formula is C8H16N2. The van der Waals surface area contributed by atoms with Gasteiger partial charge >= 0.3 is 0 Å². The number of likely N-dealkylation sites (tertiary alicyclic amines) is 1. The quantitative estimate of drug-likeness (QED) is 0.515. The van der Waals surface area contributed by atoms with Crippen molar-refractivity contribution in [3.63, 3.8) is 0 Å². The molecule has 0 spiro atoms. The average Bonchev–Trinajstić information content (AvgIpc) is 2.33. The van der Waals surface area contributed by atoms with Gasteiger partial charge in [-0.3, -0.25) is 0 Å². The maximum absolute atomic E-state index is 3.46. The van der Waals surface area contributed by atoms with Crippen molar-refractivity contribution in [1.29, 1.82) is 0 Å². The van der Waals surface area contributed by atoms with Crippen molar-refractivity contribution in [3.8, 4) is 0 Å². The highest BCUT2D eigenvalue weighted by atomic mass is 15.1. The number of hydrogen-bond acceptors (Lipinski definition) is 2.